The highest BCUT2D eigenvalue weighted by molar-refractivity contribution is 5.92. The summed E-state index contributed by atoms with van der Waals surface area (Å²) in [6.45, 7) is 4.72. The molecule has 1 amide bonds. The molecule has 1 fully saturated rings. The van der Waals surface area contributed by atoms with Crippen molar-refractivity contribution in [2.75, 3.05) is 21.0 Å². The molecule has 4 heterocycles. The van der Waals surface area contributed by atoms with Crippen molar-refractivity contribution in [1.82, 2.24) is 15.1 Å². The summed E-state index contributed by atoms with van der Waals surface area (Å²) < 4.78 is 63.4. The molecule has 0 spiro atoms. The number of likely N-dealkylation sites (N-methyl/N-ethyl adjacent to an activating group) is 1. The van der Waals surface area contributed by atoms with E-state index in [-0.39, 0.29) is 36.3 Å². The number of aromatic hydroxyl groups is 1. The van der Waals surface area contributed by atoms with E-state index in [9.17, 15) is 33.1 Å². The second kappa shape index (κ2) is 12.5. The number of amides is 1. The number of nitrogens with zero attached hydrogens (tertiary/aromatic N) is 3. The van der Waals surface area contributed by atoms with Crippen molar-refractivity contribution in [2.45, 2.75) is 70.1 Å². The molecule has 7 rings (SSSR count). The van der Waals surface area contributed by atoms with Crippen LogP contribution in [0.4, 0.5) is 13.2 Å². The summed E-state index contributed by atoms with van der Waals surface area (Å²) in [6.07, 6.45) is -2.58. The fraction of sp³-hybridized carbons (Fsp3) is 0.378. The molecule has 0 aromatic heterocycles. The number of carbonyl (C=O) groups excluding carboxylic acids is 2. The van der Waals surface area contributed by atoms with Gasteiger partial charge >= 0.3 is 12.1 Å². The summed E-state index contributed by atoms with van der Waals surface area (Å²) in [4.78, 5) is 30.3. The van der Waals surface area contributed by atoms with Gasteiger partial charge in [-0.3, -0.25) is 19.4 Å². The van der Waals surface area contributed by atoms with E-state index in [1.807, 2.05) is 24.9 Å². The van der Waals surface area contributed by atoms with Crippen LogP contribution in [-0.4, -0.2) is 65.9 Å². The third-order valence-electron chi connectivity index (χ3n) is 10.3. The van der Waals surface area contributed by atoms with Gasteiger partial charge in [0.25, 0.3) is 0 Å². The monoisotopic (exact) mass is 704 g/mol. The zero-order valence-electron chi connectivity index (χ0n) is 28.4. The lowest BCUT2D eigenvalue weighted by atomic mass is 9.72. The largest absolute Gasteiger partial charge is 0.504 e. The van der Waals surface area contributed by atoms with Gasteiger partial charge in [-0.1, -0.05) is 18.2 Å². The number of fused-ring (bicyclic) bond motifs is 9. The van der Waals surface area contributed by atoms with Crippen molar-refractivity contribution in [3.05, 3.63) is 80.9 Å². The first-order valence-corrected chi connectivity index (χ1v) is 16.3. The van der Waals surface area contributed by atoms with Crippen molar-refractivity contribution in [1.29, 1.82) is 5.26 Å². The predicted molar refractivity (Wildman–Crippen MR) is 176 cm³/mol. The highest BCUT2D eigenvalue weighted by Gasteiger charge is 2.57. The summed E-state index contributed by atoms with van der Waals surface area (Å²) >= 11 is 0. The fourth-order valence-electron chi connectivity index (χ4n) is 8.29. The van der Waals surface area contributed by atoms with Gasteiger partial charge in [-0.05, 0) is 68.6 Å². The molecule has 5 atom stereocenters. The number of carbonyl (C=O) groups is 2. The Hall–Kier alpha value is -5.26. The number of halogens is 3. The minimum Gasteiger partial charge on any atom is -0.504 e. The van der Waals surface area contributed by atoms with Gasteiger partial charge in [0.05, 0.1) is 24.8 Å². The lowest BCUT2D eigenvalue weighted by molar-refractivity contribution is -0.137. The average Bonchev–Trinajstić information content (AvgIpc) is 3.56. The molecule has 0 saturated carbocycles. The number of phenols is 1. The van der Waals surface area contributed by atoms with Gasteiger partial charge < -0.3 is 29.4 Å². The number of nitriles is 1. The van der Waals surface area contributed by atoms with Crippen LogP contribution >= 0.6 is 0 Å². The predicted octanol–water partition coefficient (Wildman–Crippen LogP) is 5.25. The molecule has 3 aromatic rings. The van der Waals surface area contributed by atoms with Crippen LogP contribution in [0.2, 0.25) is 0 Å². The van der Waals surface area contributed by atoms with Crippen LogP contribution in [0.15, 0.2) is 36.4 Å². The number of nitrogens with one attached hydrogen (secondary N) is 1. The number of ether oxygens (including phenoxy) is 4. The van der Waals surface area contributed by atoms with Crippen LogP contribution in [-0.2, 0) is 28.6 Å². The van der Waals surface area contributed by atoms with E-state index in [1.54, 1.807) is 6.92 Å². The van der Waals surface area contributed by atoms with E-state index in [4.69, 9.17) is 18.9 Å². The number of esters is 1. The Morgan fingerprint density at radius 2 is 1.84 bits per heavy atom. The van der Waals surface area contributed by atoms with Crippen LogP contribution in [0.3, 0.4) is 0 Å². The molecule has 14 heteroatoms. The topological polar surface area (TPSA) is 134 Å². The minimum atomic E-state index is -4.56. The molecular formula is C37H35F3N4O7. The minimum absolute atomic E-state index is 0.0179. The van der Waals surface area contributed by atoms with Crippen molar-refractivity contribution < 1.29 is 46.8 Å². The molecule has 2 N–H and O–H groups in total. The molecule has 11 nitrogen and oxygen atoms in total. The van der Waals surface area contributed by atoms with Gasteiger partial charge in [0.15, 0.2) is 23.0 Å². The van der Waals surface area contributed by atoms with E-state index in [0.717, 1.165) is 29.3 Å². The molecule has 1 saturated heterocycles. The molecule has 51 heavy (non-hydrogen) atoms. The fourth-order valence-corrected chi connectivity index (χ4v) is 8.29. The Labute approximate surface area is 291 Å². The first-order valence-electron chi connectivity index (χ1n) is 16.3. The van der Waals surface area contributed by atoms with Gasteiger partial charge in [0.2, 0.25) is 12.7 Å². The van der Waals surface area contributed by atoms with Gasteiger partial charge in [-0.15, -0.1) is 0 Å². The van der Waals surface area contributed by atoms with Gasteiger partial charge in [0.1, 0.15) is 18.0 Å². The van der Waals surface area contributed by atoms with E-state index in [0.29, 0.717) is 45.9 Å². The average molecular weight is 705 g/mol. The van der Waals surface area contributed by atoms with Gasteiger partial charge in [-0.2, -0.15) is 18.4 Å². The number of aryl methyl sites for hydroxylation is 1. The molecular weight excluding hydrogens is 669 g/mol. The number of piperazine rings is 1. The maximum absolute atomic E-state index is 13.8. The van der Waals surface area contributed by atoms with E-state index in [2.05, 4.69) is 16.3 Å². The molecule has 2 bridgehead atoms. The smallest absolute Gasteiger partial charge is 0.416 e. The number of hydrogen-bond acceptors (Lipinski definition) is 10. The van der Waals surface area contributed by atoms with Crippen LogP contribution in [0, 0.1) is 25.2 Å². The third kappa shape index (κ3) is 5.51. The maximum atomic E-state index is 13.8. The van der Waals surface area contributed by atoms with Crippen LogP contribution < -0.4 is 24.3 Å². The molecule has 266 valence electrons. The molecule has 4 aliphatic rings. The summed E-state index contributed by atoms with van der Waals surface area (Å²) in [5, 5.41) is 25.5. The summed E-state index contributed by atoms with van der Waals surface area (Å²) in [7, 11) is 3.37. The molecule has 0 aliphatic carbocycles. The lowest BCUT2D eigenvalue weighted by Crippen LogP contribution is -2.69. The normalized spacial score (nSPS) is 23.5. The first kappa shape index (κ1) is 34.2. The van der Waals surface area contributed by atoms with Crippen molar-refractivity contribution in [3.8, 4) is 34.8 Å². The first-order chi connectivity index (χ1) is 24.2. The number of methoxy groups -OCH3 is 1. The zero-order valence-corrected chi connectivity index (χ0v) is 28.4. The van der Waals surface area contributed by atoms with Crippen molar-refractivity contribution in [3.63, 3.8) is 0 Å². The highest BCUT2D eigenvalue weighted by Crippen LogP contribution is 2.58. The highest BCUT2D eigenvalue weighted by atomic mass is 19.4. The number of rotatable bonds is 5. The number of hydrogen-bond donors (Lipinski definition) is 2. The van der Waals surface area contributed by atoms with Crippen LogP contribution in [0.1, 0.15) is 63.6 Å². The Morgan fingerprint density at radius 1 is 1.10 bits per heavy atom. The lowest BCUT2D eigenvalue weighted by Gasteiger charge is -2.59. The maximum Gasteiger partial charge on any atom is 0.416 e. The molecule has 0 radical (unpaired) electrons. The quantitative estimate of drug-likeness (QED) is 0.206. The molecule has 2 unspecified atom stereocenters. The van der Waals surface area contributed by atoms with Crippen molar-refractivity contribution in [2.24, 2.45) is 0 Å². The van der Waals surface area contributed by atoms with E-state index in [1.165, 1.54) is 32.2 Å². The van der Waals surface area contributed by atoms with Gasteiger partial charge in [-0.25, -0.2) is 0 Å². The SMILES string of the molecule is COc1c(C)cc2c(c1O)[C@H]1C3Cc4c(OC(C)=O)c(C)c5c(c4C(NC(=O)/C=C/c4cccc(C(F)(F)F)c4)N3[C@@H](C#N)[C@@H](C2)N1C)OCO5. The van der Waals surface area contributed by atoms with E-state index >= 15 is 0 Å². The Bertz CT molecular complexity index is 2040. The molecule has 4 aliphatic heterocycles. The van der Waals surface area contributed by atoms with Crippen molar-refractivity contribution >= 4 is 18.0 Å². The zero-order chi connectivity index (χ0) is 36.5. The third-order valence-corrected chi connectivity index (χ3v) is 10.3. The van der Waals surface area contributed by atoms with Crippen LogP contribution in [0.25, 0.3) is 6.08 Å². The second-order valence-electron chi connectivity index (χ2n) is 13.2. The standard InChI is InChI=1S/C37H35F3N4O7/c1-17-11-21-13-24-26(15-41)44-25(30(43(24)4)28(21)31(47)32(17)48-5)14-23-29(35-34(49-16-50-35)18(2)33(23)51-19(3)45)36(44)42-27(46)10-9-20-7-6-8-22(12-20)37(38,39)40/h6-12,24-26,30,36,47H,13-14,16H2,1-5H3,(H,42,46)/b10-9+/t24-,25?,26+,30-,36?/m1/s1. The summed E-state index contributed by atoms with van der Waals surface area (Å²) in [6, 6.07) is 6.77. The summed E-state index contributed by atoms with van der Waals surface area (Å²) in [5.74, 6) is -0.0417. The Morgan fingerprint density at radius 3 is 2.53 bits per heavy atom. The number of benzene rings is 3. The number of alkyl halides is 3. The Balaban J connectivity index is 1.40. The second-order valence-corrected chi connectivity index (χ2v) is 13.2. The molecule has 3 aromatic carbocycles. The van der Waals surface area contributed by atoms with Gasteiger partial charge in [0, 0.05) is 47.3 Å². The van der Waals surface area contributed by atoms with Crippen LogP contribution in [0.5, 0.6) is 28.7 Å². The number of phenolic OH excluding ortho intramolecular Hbond substituents is 1. The van der Waals surface area contributed by atoms with E-state index < -0.39 is 47.9 Å². The summed E-state index contributed by atoms with van der Waals surface area (Å²) in [5.41, 5.74) is 3.06. The Kier molecular flexibility index (Phi) is 8.38.